The van der Waals surface area contributed by atoms with Gasteiger partial charge in [0, 0.05) is 17.1 Å². The molecule has 2 nitrogen and oxygen atoms in total. The Kier molecular flexibility index (Phi) is 4.24. The molecule has 0 aliphatic carbocycles. The summed E-state index contributed by atoms with van der Waals surface area (Å²) in [4.78, 5) is 0. The second-order valence-corrected chi connectivity index (χ2v) is 4.40. The lowest BCUT2D eigenvalue weighted by Crippen LogP contribution is -2.14. The van der Waals surface area contributed by atoms with E-state index in [1.807, 2.05) is 18.2 Å². The molecular weight excluding hydrogens is 234 g/mol. The molecular formula is C14H16ClNO. The fourth-order valence-electron chi connectivity index (χ4n) is 1.72. The normalized spacial score (nSPS) is 10.7. The van der Waals surface area contributed by atoms with Gasteiger partial charge in [0.15, 0.2) is 0 Å². The Bertz CT molecular complexity index is 465. The van der Waals surface area contributed by atoms with Crippen molar-refractivity contribution in [3.8, 4) is 11.1 Å². The Morgan fingerprint density at radius 3 is 2.82 bits per heavy atom. The van der Waals surface area contributed by atoms with Gasteiger partial charge in [0.25, 0.3) is 0 Å². The Morgan fingerprint density at radius 1 is 1.24 bits per heavy atom. The lowest BCUT2D eigenvalue weighted by molar-refractivity contribution is 0.568. The molecule has 0 saturated carbocycles. The molecule has 0 amide bonds. The topological polar surface area (TPSA) is 25.2 Å². The predicted molar refractivity (Wildman–Crippen MR) is 71.2 cm³/mol. The summed E-state index contributed by atoms with van der Waals surface area (Å²) in [7, 11) is 0. The van der Waals surface area contributed by atoms with E-state index in [1.165, 1.54) is 0 Å². The van der Waals surface area contributed by atoms with Crippen LogP contribution >= 0.6 is 11.6 Å². The number of benzene rings is 1. The number of hydrogen-bond acceptors (Lipinski definition) is 2. The van der Waals surface area contributed by atoms with Crippen molar-refractivity contribution in [2.24, 2.45) is 0 Å². The van der Waals surface area contributed by atoms with E-state index in [0.29, 0.717) is 0 Å². The lowest BCUT2D eigenvalue weighted by atomic mass is 10.1. The van der Waals surface area contributed by atoms with Crippen LogP contribution in [0.5, 0.6) is 0 Å². The Morgan fingerprint density at radius 2 is 2.12 bits per heavy atom. The third-order valence-corrected chi connectivity index (χ3v) is 3.01. The lowest BCUT2D eigenvalue weighted by Gasteiger charge is -2.07. The van der Waals surface area contributed by atoms with Gasteiger partial charge in [-0.25, -0.2) is 0 Å². The third kappa shape index (κ3) is 3.11. The van der Waals surface area contributed by atoms with E-state index in [9.17, 15) is 0 Å². The Hall–Kier alpha value is -1.25. The first-order chi connectivity index (χ1) is 8.31. The van der Waals surface area contributed by atoms with Crippen molar-refractivity contribution >= 4 is 11.6 Å². The smallest absolute Gasteiger partial charge is 0.0980 e. The summed E-state index contributed by atoms with van der Waals surface area (Å²) in [5, 5.41) is 4.16. The minimum atomic E-state index is 0.804. The second kappa shape index (κ2) is 5.89. The zero-order valence-electron chi connectivity index (χ0n) is 9.87. The van der Waals surface area contributed by atoms with E-state index >= 15 is 0 Å². The third-order valence-electron chi connectivity index (χ3n) is 2.64. The molecule has 0 bridgehead atoms. The van der Waals surface area contributed by atoms with E-state index in [4.69, 9.17) is 16.0 Å². The molecule has 0 aliphatic heterocycles. The van der Waals surface area contributed by atoms with Gasteiger partial charge in [-0.05, 0) is 42.3 Å². The van der Waals surface area contributed by atoms with Gasteiger partial charge in [0.05, 0.1) is 12.5 Å². The quantitative estimate of drug-likeness (QED) is 0.807. The molecule has 3 heteroatoms. The minimum Gasteiger partial charge on any atom is -0.472 e. The van der Waals surface area contributed by atoms with Gasteiger partial charge in [-0.15, -0.1) is 0 Å². The van der Waals surface area contributed by atoms with Gasteiger partial charge in [-0.1, -0.05) is 24.6 Å². The first-order valence-corrected chi connectivity index (χ1v) is 6.20. The molecule has 0 spiro atoms. The van der Waals surface area contributed by atoms with Gasteiger partial charge in [0.2, 0.25) is 0 Å². The van der Waals surface area contributed by atoms with Crippen molar-refractivity contribution in [3.05, 3.63) is 47.4 Å². The maximum Gasteiger partial charge on any atom is 0.0980 e. The van der Waals surface area contributed by atoms with Gasteiger partial charge in [-0.3, -0.25) is 0 Å². The molecule has 1 aromatic heterocycles. The van der Waals surface area contributed by atoms with E-state index in [-0.39, 0.29) is 0 Å². The second-order valence-electron chi connectivity index (χ2n) is 3.99. The average molecular weight is 250 g/mol. The van der Waals surface area contributed by atoms with Crippen LogP contribution in [0.15, 0.2) is 41.2 Å². The number of halogens is 1. The maximum atomic E-state index is 6.17. The molecule has 0 fully saturated rings. The highest BCUT2D eigenvalue weighted by molar-refractivity contribution is 6.31. The molecule has 1 heterocycles. The van der Waals surface area contributed by atoms with Gasteiger partial charge >= 0.3 is 0 Å². The first kappa shape index (κ1) is 12.2. The van der Waals surface area contributed by atoms with Crippen molar-refractivity contribution in [2.45, 2.75) is 19.9 Å². The molecule has 2 aromatic rings. The van der Waals surface area contributed by atoms with Crippen LogP contribution in [-0.2, 0) is 6.54 Å². The number of hydrogen-bond donors (Lipinski definition) is 1. The highest BCUT2D eigenvalue weighted by atomic mass is 35.5. The van der Waals surface area contributed by atoms with Crippen LogP contribution in [0.25, 0.3) is 11.1 Å². The highest BCUT2D eigenvalue weighted by Crippen LogP contribution is 2.25. The minimum absolute atomic E-state index is 0.804. The van der Waals surface area contributed by atoms with Crippen molar-refractivity contribution in [1.29, 1.82) is 0 Å². The Labute approximate surface area is 107 Å². The molecule has 17 heavy (non-hydrogen) atoms. The van der Waals surface area contributed by atoms with E-state index in [2.05, 4.69) is 18.3 Å². The summed E-state index contributed by atoms with van der Waals surface area (Å²) >= 11 is 6.17. The van der Waals surface area contributed by atoms with Crippen molar-refractivity contribution in [3.63, 3.8) is 0 Å². The van der Waals surface area contributed by atoms with E-state index in [1.54, 1.807) is 12.5 Å². The van der Waals surface area contributed by atoms with E-state index in [0.717, 1.165) is 41.2 Å². The molecule has 0 atom stereocenters. The molecule has 1 aromatic carbocycles. The fourth-order valence-corrected chi connectivity index (χ4v) is 1.90. The monoisotopic (exact) mass is 249 g/mol. The number of furan rings is 1. The zero-order chi connectivity index (χ0) is 12.1. The van der Waals surface area contributed by atoms with Crippen LogP contribution in [0.1, 0.15) is 18.9 Å². The Balaban J connectivity index is 2.18. The SMILES string of the molecule is CCCNCc1cc(-c2ccoc2)ccc1Cl. The van der Waals surface area contributed by atoms with Gasteiger partial charge in [-0.2, -0.15) is 0 Å². The maximum absolute atomic E-state index is 6.17. The summed E-state index contributed by atoms with van der Waals surface area (Å²) in [6.07, 6.45) is 4.55. The summed E-state index contributed by atoms with van der Waals surface area (Å²) in [6, 6.07) is 8.01. The van der Waals surface area contributed by atoms with Crippen LogP contribution in [0.3, 0.4) is 0 Å². The summed E-state index contributed by atoms with van der Waals surface area (Å²) in [5.41, 5.74) is 3.34. The standard InChI is InChI=1S/C14H16ClNO/c1-2-6-16-9-13-8-11(3-4-14(13)15)12-5-7-17-10-12/h3-5,7-8,10,16H,2,6,9H2,1H3. The fraction of sp³-hybridized carbons (Fsp3) is 0.286. The predicted octanol–water partition coefficient (Wildman–Crippen LogP) is 4.10. The van der Waals surface area contributed by atoms with Crippen LogP contribution in [0.4, 0.5) is 0 Å². The van der Waals surface area contributed by atoms with Crippen LogP contribution < -0.4 is 5.32 Å². The molecule has 0 radical (unpaired) electrons. The number of rotatable bonds is 5. The van der Waals surface area contributed by atoms with Gasteiger partial charge < -0.3 is 9.73 Å². The molecule has 2 rings (SSSR count). The molecule has 0 unspecified atom stereocenters. The molecule has 0 aliphatic rings. The largest absolute Gasteiger partial charge is 0.472 e. The highest BCUT2D eigenvalue weighted by Gasteiger charge is 2.04. The summed E-state index contributed by atoms with van der Waals surface area (Å²) in [6.45, 7) is 3.96. The van der Waals surface area contributed by atoms with Crippen LogP contribution in [0, 0.1) is 0 Å². The van der Waals surface area contributed by atoms with Crippen molar-refractivity contribution < 1.29 is 4.42 Å². The summed E-state index contributed by atoms with van der Waals surface area (Å²) < 4.78 is 5.09. The first-order valence-electron chi connectivity index (χ1n) is 5.83. The molecule has 90 valence electrons. The molecule has 1 N–H and O–H groups in total. The van der Waals surface area contributed by atoms with Gasteiger partial charge in [0.1, 0.15) is 0 Å². The van der Waals surface area contributed by atoms with Crippen LogP contribution in [0.2, 0.25) is 5.02 Å². The average Bonchev–Trinajstić information content (AvgIpc) is 2.85. The summed E-state index contributed by atoms with van der Waals surface area (Å²) in [5.74, 6) is 0. The molecule has 0 saturated heterocycles. The van der Waals surface area contributed by atoms with Crippen molar-refractivity contribution in [1.82, 2.24) is 5.32 Å². The van der Waals surface area contributed by atoms with Crippen LogP contribution in [-0.4, -0.2) is 6.54 Å². The number of nitrogens with one attached hydrogen (secondary N) is 1. The van der Waals surface area contributed by atoms with Crippen molar-refractivity contribution in [2.75, 3.05) is 6.54 Å². The van der Waals surface area contributed by atoms with E-state index < -0.39 is 0 Å². The zero-order valence-corrected chi connectivity index (χ0v) is 10.6.